The number of hydrogen-bond donors (Lipinski definition) is 1. The van der Waals surface area contributed by atoms with E-state index in [0.29, 0.717) is 44.1 Å². The predicted molar refractivity (Wildman–Crippen MR) is 103 cm³/mol. The molecule has 0 saturated carbocycles. The first-order valence-corrected chi connectivity index (χ1v) is 9.52. The van der Waals surface area contributed by atoms with Crippen molar-refractivity contribution < 1.29 is 19.1 Å². The van der Waals surface area contributed by atoms with E-state index < -0.39 is 0 Å². The Balaban J connectivity index is 1.66. The number of piperidine rings is 2. The monoisotopic (exact) mass is 375 g/mol. The number of urea groups is 1. The molecule has 0 bridgehead atoms. The number of rotatable bonds is 5. The van der Waals surface area contributed by atoms with E-state index in [9.17, 15) is 9.59 Å². The summed E-state index contributed by atoms with van der Waals surface area (Å²) in [4.78, 5) is 28.8. The Morgan fingerprint density at radius 1 is 1.22 bits per heavy atom. The zero-order valence-electron chi connectivity index (χ0n) is 16.2. The van der Waals surface area contributed by atoms with Crippen molar-refractivity contribution in [3.63, 3.8) is 0 Å². The van der Waals surface area contributed by atoms with E-state index >= 15 is 0 Å². The topological polar surface area (TPSA) is 71.1 Å². The molecule has 0 aromatic heterocycles. The highest BCUT2D eigenvalue weighted by atomic mass is 16.5. The lowest BCUT2D eigenvalue weighted by Gasteiger charge is -2.48. The van der Waals surface area contributed by atoms with Gasteiger partial charge in [-0.2, -0.15) is 0 Å². The van der Waals surface area contributed by atoms with E-state index in [-0.39, 0.29) is 17.4 Å². The molecule has 0 aliphatic carbocycles. The number of anilines is 1. The number of benzene rings is 1. The van der Waals surface area contributed by atoms with Crippen LogP contribution in [0.4, 0.5) is 10.5 Å². The van der Waals surface area contributed by atoms with Crippen molar-refractivity contribution in [2.24, 2.45) is 5.41 Å². The minimum atomic E-state index is -0.112. The normalized spacial score (nSPS) is 22.8. The van der Waals surface area contributed by atoms with Crippen molar-refractivity contribution in [2.45, 2.75) is 25.7 Å². The van der Waals surface area contributed by atoms with Gasteiger partial charge < -0.3 is 24.6 Å². The fourth-order valence-corrected chi connectivity index (χ4v) is 4.16. The number of hydrogen-bond acceptors (Lipinski definition) is 4. The summed E-state index contributed by atoms with van der Waals surface area (Å²) in [5, 5.41) is 2.97. The molecule has 27 heavy (non-hydrogen) atoms. The first-order valence-electron chi connectivity index (χ1n) is 9.52. The summed E-state index contributed by atoms with van der Waals surface area (Å²) in [5.74, 6) is 0.833. The van der Waals surface area contributed by atoms with Crippen molar-refractivity contribution in [3.05, 3.63) is 24.3 Å². The summed E-state index contributed by atoms with van der Waals surface area (Å²) in [7, 11) is 3.24. The third kappa shape index (κ3) is 4.53. The summed E-state index contributed by atoms with van der Waals surface area (Å²) in [6, 6.07) is 7.29. The zero-order valence-corrected chi connectivity index (χ0v) is 16.2. The molecule has 148 valence electrons. The Kier molecular flexibility index (Phi) is 6.21. The van der Waals surface area contributed by atoms with Crippen molar-refractivity contribution in [1.29, 1.82) is 0 Å². The van der Waals surface area contributed by atoms with Gasteiger partial charge in [-0.05, 0) is 31.4 Å². The molecule has 7 heteroatoms. The molecule has 1 atom stereocenters. The highest BCUT2D eigenvalue weighted by Crippen LogP contribution is 2.39. The second kappa shape index (κ2) is 8.61. The Hall–Kier alpha value is -2.28. The molecule has 0 radical (unpaired) electrons. The van der Waals surface area contributed by atoms with Crippen LogP contribution in [-0.4, -0.2) is 68.7 Å². The number of carbonyl (C=O) groups excluding carboxylic acids is 2. The molecular weight excluding hydrogens is 346 g/mol. The number of amides is 3. The van der Waals surface area contributed by atoms with Gasteiger partial charge in [-0.15, -0.1) is 0 Å². The Bertz CT molecular complexity index is 681. The van der Waals surface area contributed by atoms with E-state index in [1.807, 2.05) is 34.1 Å². The van der Waals surface area contributed by atoms with Crippen LogP contribution in [-0.2, 0) is 9.53 Å². The van der Waals surface area contributed by atoms with Gasteiger partial charge in [0, 0.05) is 45.1 Å². The quantitative estimate of drug-likeness (QED) is 0.859. The van der Waals surface area contributed by atoms with Crippen LogP contribution in [0.5, 0.6) is 5.75 Å². The number of nitrogens with one attached hydrogen (secondary N) is 1. The lowest BCUT2D eigenvalue weighted by molar-refractivity contribution is -0.139. The van der Waals surface area contributed by atoms with E-state index in [0.717, 1.165) is 25.8 Å². The van der Waals surface area contributed by atoms with Gasteiger partial charge >= 0.3 is 6.03 Å². The van der Waals surface area contributed by atoms with Gasteiger partial charge in [-0.25, -0.2) is 4.79 Å². The van der Waals surface area contributed by atoms with Gasteiger partial charge in [0.1, 0.15) is 5.75 Å². The molecule has 2 saturated heterocycles. The largest absolute Gasteiger partial charge is 0.495 e. The average molecular weight is 375 g/mol. The second-order valence-electron chi connectivity index (χ2n) is 7.46. The van der Waals surface area contributed by atoms with Crippen molar-refractivity contribution in [3.8, 4) is 5.75 Å². The van der Waals surface area contributed by atoms with Gasteiger partial charge in [0.2, 0.25) is 5.91 Å². The van der Waals surface area contributed by atoms with Gasteiger partial charge in [0.25, 0.3) is 0 Å². The first kappa shape index (κ1) is 19.5. The van der Waals surface area contributed by atoms with E-state index in [4.69, 9.17) is 9.47 Å². The Morgan fingerprint density at radius 2 is 2.04 bits per heavy atom. The number of carbonyl (C=O) groups is 2. The van der Waals surface area contributed by atoms with Crippen LogP contribution >= 0.6 is 0 Å². The predicted octanol–water partition coefficient (Wildman–Crippen LogP) is 2.58. The van der Waals surface area contributed by atoms with Crippen LogP contribution in [0.15, 0.2) is 24.3 Å². The number of methoxy groups -OCH3 is 2. The summed E-state index contributed by atoms with van der Waals surface area (Å²) in [6.07, 6.45) is 3.38. The van der Waals surface area contributed by atoms with Crippen LogP contribution in [0.1, 0.15) is 25.7 Å². The van der Waals surface area contributed by atoms with E-state index in [2.05, 4.69) is 5.32 Å². The number of para-hydroxylation sites is 2. The lowest BCUT2D eigenvalue weighted by atomic mass is 9.73. The SMILES string of the molecule is COCCN1C[C@@]2(CCCN(C(=O)Nc3ccccc3OC)C2)CCC1=O. The standard InChI is InChI=1S/C20H29N3O4/c1-26-13-12-22-14-20(10-8-18(22)24)9-5-11-23(15-20)19(25)21-16-6-3-4-7-17(16)27-2/h3-4,6-7H,5,8-15H2,1-2H3,(H,21,25)/t20-/m1/s1. The summed E-state index contributed by atoms with van der Waals surface area (Å²) < 4.78 is 10.5. The molecule has 1 N–H and O–H groups in total. The Labute approximate surface area is 160 Å². The van der Waals surface area contributed by atoms with Crippen LogP contribution in [0.2, 0.25) is 0 Å². The van der Waals surface area contributed by atoms with Gasteiger partial charge in [-0.3, -0.25) is 4.79 Å². The third-order valence-electron chi connectivity index (χ3n) is 5.61. The average Bonchev–Trinajstić information content (AvgIpc) is 2.69. The molecule has 1 aromatic rings. The van der Waals surface area contributed by atoms with Crippen molar-refractivity contribution in [2.75, 3.05) is 52.3 Å². The second-order valence-corrected chi connectivity index (χ2v) is 7.46. The van der Waals surface area contributed by atoms with Crippen molar-refractivity contribution in [1.82, 2.24) is 9.80 Å². The minimum Gasteiger partial charge on any atom is -0.495 e. The molecule has 1 aromatic carbocycles. The maximum absolute atomic E-state index is 12.8. The minimum absolute atomic E-state index is 0.0159. The zero-order chi connectivity index (χ0) is 19.3. The van der Waals surface area contributed by atoms with E-state index in [1.165, 1.54) is 0 Å². The summed E-state index contributed by atoms with van der Waals surface area (Å²) in [6.45, 7) is 3.26. The van der Waals surface area contributed by atoms with Crippen LogP contribution < -0.4 is 10.1 Å². The fourth-order valence-electron chi connectivity index (χ4n) is 4.16. The number of likely N-dealkylation sites (tertiary alicyclic amines) is 2. The number of ether oxygens (including phenoxy) is 2. The molecule has 2 heterocycles. The van der Waals surface area contributed by atoms with Crippen LogP contribution in [0.3, 0.4) is 0 Å². The van der Waals surface area contributed by atoms with E-state index in [1.54, 1.807) is 14.2 Å². The first-order chi connectivity index (χ1) is 13.1. The lowest BCUT2D eigenvalue weighted by Crippen LogP contribution is -2.56. The Morgan fingerprint density at radius 3 is 2.81 bits per heavy atom. The fraction of sp³-hybridized carbons (Fsp3) is 0.600. The van der Waals surface area contributed by atoms with Crippen molar-refractivity contribution >= 4 is 17.6 Å². The maximum atomic E-state index is 12.8. The molecule has 0 unspecified atom stereocenters. The molecule has 7 nitrogen and oxygen atoms in total. The van der Waals surface area contributed by atoms with Crippen LogP contribution in [0, 0.1) is 5.41 Å². The molecule has 3 amide bonds. The summed E-state index contributed by atoms with van der Waals surface area (Å²) >= 11 is 0. The molecular formula is C20H29N3O4. The molecule has 2 aliphatic heterocycles. The molecule has 1 spiro atoms. The highest BCUT2D eigenvalue weighted by molar-refractivity contribution is 5.91. The van der Waals surface area contributed by atoms with Gasteiger partial charge in [0.15, 0.2) is 0 Å². The maximum Gasteiger partial charge on any atom is 0.321 e. The molecule has 2 aliphatic rings. The highest BCUT2D eigenvalue weighted by Gasteiger charge is 2.42. The van der Waals surface area contributed by atoms with Crippen LogP contribution in [0.25, 0.3) is 0 Å². The molecule has 3 rings (SSSR count). The summed E-state index contributed by atoms with van der Waals surface area (Å²) in [5.41, 5.74) is 0.656. The van der Waals surface area contributed by atoms with Gasteiger partial charge in [0.05, 0.1) is 19.4 Å². The number of nitrogens with zero attached hydrogens (tertiary/aromatic N) is 2. The molecule has 2 fully saturated rings. The van der Waals surface area contributed by atoms with Gasteiger partial charge in [-0.1, -0.05) is 12.1 Å². The smallest absolute Gasteiger partial charge is 0.321 e. The third-order valence-corrected chi connectivity index (χ3v) is 5.61.